The fourth-order valence-corrected chi connectivity index (χ4v) is 4.21. The van der Waals surface area contributed by atoms with Gasteiger partial charge in [-0.2, -0.15) is 0 Å². The third kappa shape index (κ3) is 5.11. The van der Waals surface area contributed by atoms with Gasteiger partial charge < -0.3 is 5.32 Å². The molecule has 0 spiro atoms. The Morgan fingerprint density at radius 2 is 1.95 bits per heavy atom. The van der Waals surface area contributed by atoms with Gasteiger partial charge >= 0.3 is 0 Å². The minimum atomic E-state index is -3.65. The third-order valence-corrected chi connectivity index (χ3v) is 5.67. The molecular weight excluding hydrogens is 331 g/mol. The molecule has 1 rings (SSSR count). The standard InChI is InChI=1S/C14H22Cl2N2O2S/c1-4-5-6-10(2)18-21(19,20)13-8-7-12(15)11(9-17-3)14(13)16/h7-8,10,17-18H,4-6,9H2,1-3H3. The summed E-state index contributed by atoms with van der Waals surface area (Å²) in [7, 11) is -1.90. The lowest BCUT2D eigenvalue weighted by atomic mass is 10.2. The number of rotatable bonds is 8. The Kier molecular flexibility index (Phi) is 7.44. The van der Waals surface area contributed by atoms with E-state index in [4.69, 9.17) is 23.2 Å². The van der Waals surface area contributed by atoms with Crippen LogP contribution in [0.5, 0.6) is 0 Å². The van der Waals surface area contributed by atoms with E-state index in [1.807, 2.05) is 6.92 Å². The van der Waals surface area contributed by atoms with E-state index in [0.29, 0.717) is 17.1 Å². The highest BCUT2D eigenvalue weighted by molar-refractivity contribution is 7.89. The molecule has 2 N–H and O–H groups in total. The summed E-state index contributed by atoms with van der Waals surface area (Å²) in [6, 6.07) is 2.87. The molecule has 0 saturated heterocycles. The first-order valence-electron chi connectivity index (χ1n) is 6.97. The van der Waals surface area contributed by atoms with Crippen molar-refractivity contribution in [2.24, 2.45) is 0 Å². The van der Waals surface area contributed by atoms with E-state index in [1.165, 1.54) is 6.07 Å². The van der Waals surface area contributed by atoms with E-state index < -0.39 is 10.0 Å². The Morgan fingerprint density at radius 3 is 2.52 bits per heavy atom. The zero-order valence-electron chi connectivity index (χ0n) is 12.5. The van der Waals surface area contributed by atoms with E-state index in [2.05, 4.69) is 17.0 Å². The minimum Gasteiger partial charge on any atom is -0.316 e. The van der Waals surface area contributed by atoms with Crippen molar-refractivity contribution in [2.45, 2.75) is 50.6 Å². The summed E-state index contributed by atoms with van der Waals surface area (Å²) in [5.74, 6) is 0. The third-order valence-electron chi connectivity index (χ3n) is 3.14. The molecule has 4 nitrogen and oxygen atoms in total. The lowest BCUT2D eigenvalue weighted by Crippen LogP contribution is -2.32. The van der Waals surface area contributed by atoms with Gasteiger partial charge in [-0.3, -0.25) is 0 Å². The number of nitrogens with one attached hydrogen (secondary N) is 2. The van der Waals surface area contributed by atoms with Gasteiger partial charge in [0, 0.05) is 23.2 Å². The Morgan fingerprint density at radius 1 is 1.29 bits per heavy atom. The van der Waals surface area contributed by atoms with E-state index in [-0.39, 0.29) is 16.0 Å². The van der Waals surface area contributed by atoms with E-state index in [9.17, 15) is 8.42 Å². The van der Waals surface area contributed by atoms with E-state index >= 15 is 0 Å². The Labute approximate surface area is 137 Å². The molecule has 1 aromatic rings. The molecular formula is C14H22Cl2N2O2S. The molecule has 21 heavy (non-hydrogen) atoms. The summed E-state index contributed by atoms with van der Waals surface area (Å²) in [5.41, 5.74) is 0.588. The van der Waals surface area contributed by atoms with Crippen LogP contribution in [-0.2, 0) is 16.6 Å². The highest BCUT2D eigenvalue weighted by atomic mass is 35.5. The van der Waals surface area contributed by atoms with Crippen molar-refractivity contribution < 1.29 is 8.42 Å². The van der Waals surface area contributed by atoms with Crippen molar-refractivity contribution >= 4 is 33.2 Å². The molecule has 0 aliphatic carbocycles. The highest BCUT2D eigenvalue weighted by Crippen LogP contribution is 2.31. The molecule has 1 atom stereocenters. The second-order valence-corrected chi connectivity index (χ2v) is 7.50. The van der Waals surface area contributed by atoms with Crippen molar-refractivity contribution in [2.75, 3.05) is 7.05 Å². The van der Waals surface area contributed by atoms with Crippen LogP contribution in [0.15, 0.2) is 17.0 Å². The highest BCUT2D eigenvalue weighted by Gasteiger charge is 2.23. The Bertz CT molecular complexity index is 577. The minimum absolute atomic E-state index is 0.0714. The monoisotopic (exact) mass is 352 g/mol. The van der Waals surface area contributed by atoms with Gasteiger partial charge in [0.2, 0.25) is 10.0 Å². The maximum absolute atomic E-state index is 12.4. The zero-order chi connectivity index (χ0) is 16.0. The second-order valence-electron chi connectivity index (χ2n) is 5.03. The molecule has 1 unspecified atom stereocenters. The quantitative estimate of drug-likeness (QED) is 0.751. The van der Waals surface area contributed by atoms with Gasteiger partial charge in [0.15, 0.2) is 0 Å². The van der Waals surface area contributed by atoms with Crippen LogP contribution < -0.4 is 10.0 Å². The normalized spacial score (nSPS) is 13.4. The molecule has 0 aliphatic heterocycles. The predicted octanol–water partition coefficient (Wildman–Crippen LogP) is 3.57. The SMILES string of the molecule is CCCCC(C)NS(=O)(=O)c1ccc(Cl)c(CNC)c1Cl. The first-order chi connectivity index (χ1) is 9.83. The summed E-state index contributed by atoms with van der Waals surface area (Å²) >= 11 is 12.3. The van der Waals surface area contributed by atoms with Crippen LogP contribution in [0.2, 0.25) is 10.0 Å². The van der Waals surface area contributed by atoms with Crippen molar-refractivity contribution in [1.82, 2.24) is 10.0 Å². The van der Waals surface area contributed by atoms with Crippen LogP contribution in [0.1, 0.15) is 38.7 Å². The first-order valence-corrected chi connectivity index (χ1v) is 9.21. The van der Waals surface area contributed by atoms with Gasteiger partial charge in [0.05, 0.1) is 5.02 Å². The maximum atomic E-state index is 12.4. The van der Waals surface area contributed by atoms with Crippen LogP contribution in [-0.4, -0.2) is 21.5 Å². The van der Waals surface area contributed by atoms with Gasteiger partial charge in [-0.05, 0) is 32.5 Å². The summed E-state index contributed by atoms with van der Waals surface area (Å²) in [6.45, 7) is 4.33. The largest absolute Gasteiger partial charge is 0.316 e. The van der Waals surface area contributed by atoms with Gasteiger partial charge in [-0.25, -0.2) is 13.1 Å². The summed E-state index contributed by atoms with van der Waals surface area (Å²) in [6.07, 6.45) is 2.80. The lowest BCUT2D eigenvalue weighted by molar-refractivity contribution is 0.534. The van der Waals surface area contributed by atoms with Crippen LogP contribution in [0, 0.1) is 0 Å². The summed E-state index contributed by atoms with van der Waals surface area (Å²) in [4.78, 5) is 0.0714. The van der Waals surface area contributed by atoms with E-state index in [0.717, 1.165) is 19.3 Å². The molecule has 7 heteroatoms. The second kappa shape index (κ2) is 8.34. The molecule has 0 amide bonds. The number of hydrogen-bond acceptors (Lipinski definition) is 3. The van der Waals surface area contributed by atoms with Crippen molar-refractivity contribution in [1.29, 1.82) is 0 Å². The van der Waals surface area contributed by atoms with Crippen LogP contribution in [0.25, 0.3) is 0 Å². The number of unbranched alkanes of at least 4 members (excludes halogenated alkanes) is 1. The van der Waals surface area contributed by atoms with E-state index in [1.54, 1.807) is 13.1 Å². The van der Waals surface area contributed by atoms with Gasteiger partial charge in [-0.15, -0.1) is 0 Å². The molecule has 0 radical (unpaired) electrons. The molecule has 120 valence electrons. The van der Waals surface area contributed by atoms with Crippen molar-refractivity contribution in [3.8, 4) is 0 Å². The lowest BCUT2D eigenvalue weighted by Gasteiger charge is -2.16. The molecule has 0 fully saturated rings. The smallest absolute Gasteiger partial charge is 0.242 e. The summed E-state index contributed by atoms with van der Waals surface area (Å²) < 4.78 is 27.5. The molecule has 0 bridgehead atoms. The predicted molar refractivity (Wildman–Crippen MR) is 88.5 cm³/mol. The average molecular weight is 353 g/mol. The van der Waals surface area contributed by atoms with Crippen LogP contribution in [0.3, 0.4) is 0 Å². The molecule has 0 saturated carbocycles. The fraction of sp³-hybridized carbons (Fsp3) is 0.571. The first kappa shape index (κ1) is 18.7. The fourth-order valence-electron chi connectivity index (χ4n) is 2.02. The van der Waals surface area contributed by atoms with Crippen molar-refractivity contribution in [3.05, 3.63) is 27.7 Å². The van der Waals surface area contributed by atoms with Gasteiger partial charge in [0.1, 0.15) is 4.90 Å². The average Bonchev–Trinajstić information content (AvgIpc) is 2.40. The van der Waals surface area contributed by atoms with Gasteiger partial charge in [-0.1, -0.05) is 43.0 Å². The zero-order valence-corrected chi connectivity index (χ0v) is 14.9. The topological polar surface area (TPSA) is 58.2 Å². The van der Waals surface area contributed by atoms with Gasteiger partial charge in [0.25, 0.3) is 0 Å². The maximum Gasteiger partial charge on any atom is 0.242 e. The number of hydrogen-bond donors (Lipinski definition) is 2. The Hall–Kier alpha value is -0.330. The molecule has 0 heterocycles. The summed E-state index contributed by atoms with van der Waals surface area (Å²) in [5, 5.41) is 3.55. The van der Waals surface area contributed by atoms with Crippen LogP contribution in [0.4, 0.5) is 0 Å². The molecule has 0 aromatic heterocycles. The Balaban J connectivity index is 3.06. The van der Waals surface area contributed by atoms with Crippen LogP contribution >= 0.6 is 23.2 Å². The number of sulfonamides is 1. The molecule has 0 aliphatic rings. The van der Waals surface area contributed by atoms with Crippen molar-refractivity contribution in [3.63, 3.8) is 0 Å². The molecule has 1 aromatic carbocycles. The number of halogens is 2. The number of benzene rings is 1.